The molecule has 0 amide bonds. The average Bonchev–Trinajstić information content (AvgIpc) is 2.29. The van der Waals surface area contributed by atoms with Crippen LogP contribution in [0.1, 0.15) is 36.2 Å². The monoisotopic (exact) mass is 254 g/mol. The van der Waals surface area contributed by atoms with Gasteiger partial charge in [0.05, 0.1) is 0 Å². The van der Waals surface area contributed by atoms with E-state index in [1.54, 1.807) is 31.2 Å². The van der Waals surface area contributed by atoms with E-state index in [1.807, 2.05) is 0 Å². The number of hydrogen-bond acceptors (Lipinski definition) is 2. The highest BCUT2D eigenvalue weighted by molar-refractivity contribution is 6.33. The molecule has 3 nitrogen and oxygen atoms in total. The maximum absolute atomic E-state index is 11.1. The molecular formula is C13H15ClO3. The molecular weight excluding hydrogens is 240 g/mol. The molecule has 0 aromatic heterocycles. The molecule has 0 fully saturated rings. The van der Waals surface area contributed by atoms with Crippen molar-refractivity contribution in [2.45, 2.75) is 31.6 Å². The molecule has 0 heterocycles. The highest BCUT2D eigenvalue weighted by Gasteiger charge is 2.34. The number of carbonyl (C=O) groups excluding carboxylic acids is 1. The molecule has 0 aliphatic rings. The summed E-state index contributed by atoms with van der Waals surface area (Å²) in [6.45, 7) is 3.23. The van der Waals surface area contributed by atoms with Gasteiger partial charge in [-0.3, -0.25) is 9.59 Å². The fourth-order valence-corrected chi connectivity index (χ4v) is 1.69. The summed E-state index contributed by atoms with van der Waals surface area (Å²) in [5.41, 5.74) is 1.43. The second kappa shape index (κ2) is 5.32. The van der Waals surface area contributed by atoms with E-state index in [4.69, 9.17) is 16.7 Å². The second-order valence-electron chi connectivity index (χ2n) is 4.05. The SMILES string of the molecule is CCC(Cl)(Cc1ccc(C(C)=O)cc1)C(=O)O. The number of ketones is 1. The highest BCUT2D eigenvalue weighted by Crippen LogP contribution is 2.25. The third-order valence-corrected chi connectivity index (χ3v) is 3.35. The molecule has 0 saturated heterocycles. The third-order valence-electron chi connectivity index (χ3n) is 2.79. The number of hydrogen-bond donors (Lipinski definition) is 1. The van der Waals surface area contributed by atoms with Crippen LogP contribution in [0.25, 0.3) is 0 Å². The van der Waals surface area contributed by atoms with Gasteiger partial charge in [0.2, 0.25) is 0 Å². The molecule has 1 aromatic rings. The predicted octanol–water partition coefficient (Wildman–Crippen LogP) is 2.90. The van der Waals surface area contributed by atoms with Gasteiger partial charge >= 0.3 is 5.97 Å². The van der Waals surface area contributed by atoms with Gasteiger partial charge in [-0.2, -0.15) is 0 Å². The predicted molar refractivity (Wildman–Crippen MR) is 66.7 cm³/mol. The normalized spacial score (nSPS) is 14.1. The summed E-state index contributed by atoms with van der Waals surface area (Å²) in [4.78, 5) is 20.9. The molecule has 4 heteroatoms. The summed E-state index contributed by atoms with van der Waals surface area (Å²) >= 11 is 6.03. The number of carboxylic acid groups (broad SMARTS) is 1. The zero-order chi connectivity index (χ0) is 13.1. The van der Waals surface area contributed by atoms with Crippen molar-refractivity contribution in [3.05, 3.63) is 35.4 Å². The van der Waals surface area contributed by atoms with E-state index in [2.05, 4.69) is 0 Å². The Morgan fingerprint density at radius 3 is 2.18 bits per heavy atom. The van der Waals surface area contributed by atoms with E-state index in [-0.39, 0.29) is 12.2 Å². The number of carboxylic acids is 1. The summed E-state index contributed by atoms with van der Waals surface area (Å²) in [7, 11) is 0. The van der Waals surface area contributed by atoms with Crippen molar-refractivity contribution in [2.75, 3.05) is 0 Å². The zero-order valence-corrected chi connectivity index (χ0v) is 10.6. The molecule has 1 N–H and O–H groups in total. The Morgan fingerprint density at radius 1 is 1.29 bits per heavy atom. The highest BCUT2D eigenvalue weighted by atomic mass is 35.5. The van der Waals surface area contributed by atoms with E-state index in [1.165, 1.54) is 6.92 Å². The number of halogens is 1. The van der Waals surface area contributed by atoms with Crippen molar-refractivity contribution in [1.82, 2.24) is 0 Å². The Kier molecular flexibility index (Phi) is 4.29. The van der Waals surface area contributed by atoms with Gasteiger partial charge < -0.3 is 5.11 Å². The third kappa shape index (κ3) is 3.30. The lowest BCUT2D eigenvalue weighted by molar-refractivity contribution is -0.140. The van der Waals surface area contributed by atoms with Gasteiger partial charge in [0.15, 0.2) is 5.78 Å². The van der Waals surface area contributed by atoms with Gasteiger partial charge in [0, 0.05) is 12.0 Å². The average molecular weight is 255 g/mol. The Hall–Kier alpha value is -1.35. The standard InChI is InChI=1S/C13H15ClO3/c1-3-13(14,12(16)17)8-10-4-6-11(7-5-10)9(2)15/h4-7H,3,8H2,1-2H3,(H,16,17). The first kappa shape index (κ1) is 13.7. The zero-order valence-electron chi connectivity index (χ0n) is 9.87. The number of carbonyl (C=O) groups is 2. The van der Waals surface area contributed by atoms with E-state index in [9.17, 15) is 9.59 Å². The van der Waals surface area contributed by atoms with Crippen LogP contribution >= 0.6 is 11.6 Å². The molecule has 1 unspecified atom stereocenters. The van der Waals surface area contributed by atoms with E-state index < -0.39 is 10.8 Å². The summed E-state index contributed by atoms with van der Waals surface area (Å²) < 4.78 is 0. The fourth-order valence-electron chi connectivity index (χ4n) is 1.53. The molecule has 0 aliphatic carbocycles. The molecule has 0 saturated carbocycles. The van der Waals surface area contributed by atoms with Gasteiger partial charge in [-0.1, -0.05) is 31.2 Å². The first-order valence-electron chi connectivity index (χ1n) is 5.41. The van der Waals surface area contributed by atoms with Gasteiger partial charge in [-0.25, -0.2) is 0 Å². The molecule has 0 radical (unpaired) electrons. The van der Waals surface area contributed by atoms with Crippen LogP contribution in [0.2, 0.25) is 0 Å². The van der Waals surface area contributed by atoms with E-state index in [0.29, 0.717) is 12.0 Å². The smallest absolute Gasteiger partial charge is 0.325 e. The Bertz CT molecular complexity index is 425. The lowest BCUT2D eigenvalue weighted by atomic mass is 9.95. The maximum Gasteiger partial charge on any atom is 0.325 e. The first-order valence-corrected chi connectivity index (χ1v) is 5.79. The van der Waals surface area contributed by atoms with Gasteiger partial charge in [-0.05, 0) is 18.9 Å². The van der Waals surface area contributed by atoms with Crippen LogP contribution in [0, 0.1) is 0 Å². The van der Waals surface area contributed by atoms with Crippen LogP contribution in [-0.2, 0) is 11.2 Å². The van der Waals surface area contributed by atoms with Gasteiger partial charge in [-0.15, -0.1) is 11.6 Å². The van der Waals surface area contributed by atoms with Crippen molar-refractivity contribution in [3.8, 4) is 0 Å². The lowest BCUT2D eigenvalue weighted by Crippen LogP contribution is -2.34. The van der Waals surface area contributed by atoms with Crippen LogP contribution in [0.3, 0.4) is 0 Å². The van der Waals surface area contributed by atoms with Crippen LogP contribution in [0.15, 0.2) is 24.3 Å². The molecule has 0 spiro atoms. The molecule has 0 aliphatic heterocycles. The van der Waals surface area contributed by atoms with E-state index >= 15 is 0 Å². The second-order valence-corrected chi connectivity index (χ2v) is 4.78. The summed E-state index contributed by atoms with van der Waals surface area (Å²) in [5.74, 6) is -1.03. The van der Waals surface area contributed by atoms with Crippen LogP contribution in [0.5, 0.6) is 0 Å². The van der Waals surface area contributed by atoms with Crippen molar-refractivity contribution < 1.29 is 14.7 Å². The van der Waals surface area contributed by atoms with Gasteiger partial charge in [0.1, 0.15) is 4.87 Å². The Morgan fingerprint density at radius 2 is 1.82 bits per heavy atom. The maximum atomic E-state index is 11.1. The van der Waals surface area contributed by atoms with Crippen molar-refractivity contribution in [3.63, 3.8) is 0 Å². The van der Waals surface area contributed by atoms with E-state index in [0.717, 1.165) is 5.56 Å². The molecule has 17 heavy (non-hydrogen) atoms. The number of rotatable bonds is 5. The molecule has 92 valence electrons. The van der Waals surface area contributed by atoms with Crippen LogP contribution in [-0.4, -0.2) is 21.7 Å². The number of alkyl halides is 1. The topological polar surface area (TPSA) is 54.4 Å². The Balaban J connectivity index is 2.88. The molecule has 1 atom stereocenters. The van der Waals surface area contributed by atoms with Crippen molar-refractivity contribution >= 4 is 23.4 Å². The quantitative estimate of drug-likeness (QED) is 0.649. The number of benzene rings is 1. The van der Waals surface area contributed by atoms with Crippen LogP contribution < -0.4 is 0 Å². The van der Waals surface area contributed by atoms with Gasteiger partial charge in [0.25, 0.3) is 0 Å². The summed E-state index contributed by atoms with van der Waals surface area (Å²) in [6.07, 6.45) is 0.594. The molecule has 1 rings (SSSR count). The summed E-state index contributed by atoms with van der Waals surface area (Å²) in [5, 5.41) is 9.05. The minimum Gasteiger partial charge on any atom is -0.480 e. The minimum absolute atomic E-state index is 0.0117. The number of aliphatic carboxylic acids is 1. The van der Waals surface area contributed by atoms with Crippen LogP contribution in [0.4, 0.5) is 0 Å². The number of Topliss-reactive ketones (excluding diaryl/α,β-unsaturated/α-hetero) is 1. The minimum atomic E-state index is -1.27. The first-order chi connectivity index (χ1) is 7.89. The van der Waals surface area contributed by atoms with Crippen molar-refractivity contribution in [2.24, 2.45) is 0 Å². The molecule has 0 bridgehead atoms. The Labute approximate surface area is 105 Å². The largest absolute Gasteiger partial charge is 0.480 e. The van der Waals surface area contributed by atoms with Crippen molar-refractivity contribution in [1.29, 1.82) is 0 Å². The lowest BCUT2D eigenvalue weighted by Gasteiger charge is -2.20. The fraction of sp³-hybridized carbons (Fsp3) is 0.385. The molecule has 1 aromatic carbocycles. The summed E-state index contributed by atoms with van der Waals surface area (Å²) in [6, 6.07) is 6.86.